The number of carbonyl (C=O) groups is 1. The lowest BCUT2D eigenvalue weighted by Gasteiger charge is -2.11. The predicted octanol–water partition coefficient (Wildman–Crippen LogP) is 5.05. The Kier molecular flexibility index (Phi) is 6.09. The number of halogens is 5. The van der Waals surface area contributed by atoms with E-state index in [-0.39, 0.29) is 20.5 Å². The summed E-state index contributed by atoms with van der Waals surface area (Å²) >= 11 is 11.7. The minimum absolute atomic E-state index is 0.155. The average Bonchev–Trinajstić information content (AvgIpc) is 2.98. The largest absolute Gasteiger partial charge is 0.436 e. The smallest absolute Gasteiger partial charge is 0.358 e. The van der Waals surface area contributed by atoms with Crippen LogP contribution in [0, 0.1) is 6.92 Å². The second-order valence-electron chi connectivity index (χ2n) is 6.45. The van der Waals surface area contributed by atoms with Crippen LogP contribution in [-0.2, 0) is 23.3 Å². The van der Waals surface area contributed by atoms with Gasteiger partial charge >= 0.3 is 16.3 Å². The molecule has 12 heteroatoms. The summed E-state index contributed by atoms with van der Waals surface area (Å²) in [5.41, 5.74) is -2.27. The summed E-state index contributed by atoms with van der Waals surface area (Å²) in [6.45, 7) is 1.72. The van der Waals surface area contributed by atoms with Crippen molar-refractivity contribution in [2.24, 2.45) is 7.05 Å². The number of nitrogens with zero attached hydrogens (tertiary/aromatic N) is 2. The first-order chi connectivity index (χ1) is 14.3. The third-order valence-electron chi connectivity index (χ3n) is 4.16. The van der Waals surface area contributed by atoms with Crippen LogP contribution in [0.25, 0.3) is 0 Å². The van der Waals surface area contributed by atoms with Gasteiger partial charge in [-0.25, -0.2) is 4.68 Å². The van der Waals surface area contributed by atoms with Crippen LogP contribution in [0.1, 0.15) is 27.2 Å². The zero-order valence-electron chi connectivity index (χ0n) is 15.9. The van der Waals surface area contributed by atoms with Crippen LogP contribution in [-0.4, -0.2) is 24.0 Å². The molecule has 31 heavy (non-hydrogen) atoms. The highest BCUT2D eigenvalue weighted by Crippen LogP contribution is 2.38. The van der Waals surface area contributed by atoms with E-state index in [0.717, 1.165) is 18.7 Å². The van der Waals surface area contributed by atoms with Crippen molar-refractivity contribution in [3.8, 4) is 5.88 Å². The van der Waals surface area contributed by atoms with E-state index in [1.807, 2.05) is 0 Å². The molecule has 0 unspecified atom stereocenters. The standard InChI is InChI=1S/C19H13Cl2F3N2O4S/c1-10-3-6-12(7-4-10)31(28,29)30-18-15(17(19(22,23)24)25-26(18)2)16(27)13-8-5-11(20)9-14(13)21/h3-9H,1-2H3. The topological polar surface area (TPSA) is 78.3 Å². The second-order valence-corrected chi connectivity index (χ2v) is 8.84. The first-order valence-electron chi connectivity index (χ1n) is 8.46. The number of ketones is 1. The Hall–Kier alpha value is -2.56. The van der Waals surface area contributed by atoms with Crippen molar-refractivity contribution in [3.63, 3.8) is 0 Å². The van der Waals surface area contributed by atoms with Crippen LogP contribution in [0.3, 0.4) is 0 Å². The minimum Gasteiger partial charge on any atom is -0.358 e. The van der Waals surface area contributed by atoms with E-state index < -0.39 is 39.2 Å². The minimum atomic E-state index is -5.07. The van der Waals surface area contributed by atoms with Gasteiger partial charge in [0.2, 0.25) is 11.7 Å². The molecule has 0 N–H and O–H groups in total. The molecule has 0 radical (unpaired) electrons. The molecule has 0 spiro atoms. The van der Waals surface area contributed by atoms with Gasteiger partial charge in [0.25, 0.3) is 0 Å². The lowest BCUT2D eigenvalue weighted by molar-refractivity contribution is -0.141. The molecule has 164 valence electrons. The Morgan fingerprint density at radius 2 is 1.71 bits per heavy atom. The molecule has 0 fully saturated rings. The number of carbonyl (C=O) groups excluding carboxylic acids is 1. The van der Waals surface area contributed by atoms with Gasteiger partial charge in [-0.1, -0.05) is 40.9 Å². The first-order valence-corrected chi connectivity index (χ1v) is 10.6. The van der Waals surface area contributed by atoms with Crippen molar-refractivity contribution in [2.75, 3.05) is 0 Å². The quantitative estimate of drug-likeness (QED) is 0.367. The van der Waals surface area contributed by atoms with Crippen LogP contribution in [0.4, 0.5) is 13.2 Å². The number of benzene rings is 2. The zero-order valence-corrected chi connectivity index (χ0v) is 18.2. The maximum Gasteiger partial charge on any atom is 0.436 e. The van der Waals surface area contributed by atoms with E-state index >= 15 is 0 Å². The summed E-state index contributed by atoms with van der Waals surface area (Å²) in [6, 6.07) is 8.97. The first kappa shape index (κ1) is 23.1. The summed E-state index contributed by atoms with van der Waals surface area (Å²) in [6.07, 6.45) is -5.07. The predicted molar refractivity (Wildman–Crippen MR) is 107 cm³/mol. The van der Waals surface area contributed by atoms with Crippen LogP contribution in [0.2, 0.25) is 10.0 Å². The van der Waals surface area contributed by atoms with E-state index in [9.17, 15) is 26.4 Å². The van der Waals surface area contributed by atoms with Gasteiger partial charge in [-0.3, -0.25) is 4.79 Å². The molecular formula is C19H13Cl2F3N2O4S. The van der Waals surface area contributed by atoms with Crippen molar-refractivity contribution in [1.82, 2.24) is 9.78 Å². The van der Waals surface area contributed by atoms with Gasteiger partial charge < -0.3 is 4.18 Å². The number of rotatable bonds is 5. The average molecular weight is 493 g/mol. The molecule has 0 saturated heterocycles. The van der Waals surface area contributed by atoms with Crippen molar-refractivity contribution >= 4 is 39.1 Å². The Labute approximate surface area is 185 Å². The number of hydrogen-bond acceptors (Lipinski definition) is 5. The molecule has 0 amide bonds. The van der Waals surface area contributed by atoms with E-state index in [2.05, 4.69) is 5.10 Å². The van der Waals surface area contributed by atoms with Crippen molar-refractivity contribution < 1.29 is 30.6 Å². The van der Waals surface area contributed by atoms with Crippen LogP contribution < -0.4 is 4.18 Å². The van der Waals surface area contributed by atoms with Gasteiger partial charge in [0.1, 0.15) is 10.5 Å². The highest BCUT2D eigenvalue weighted by molar-refractivity contribution is 7.87. The molecule has 1 heterocycles. The maximum absolute atomic E-state index is 13.6. The summed E-state index contributed by atoms with van der Waals surface area (Å²) in [5, 5.41) is 3.21. The molecule has 0 aliphatic rings. The fourth-order valence-corrected chi connectivity index (χ4v) is 4.13. The Morgan fingerprint density at radius 3 is 2.26 bits per heavy atom. The normalized spacial score (nSPS) is 12.1. The van der Waals surface area contributed by atoms with Gasteiger partial charge in [0, 0.05) is 17.6 Å². The number of hydrogen-bond donors (Lipinski definition) is 0. The van der Waals surface area contributed by atoms with Crippen molar-refractivity contribution in [3.05, 3.63) is 74.9 Å². The summed E-state index contributed by atoms with van der Waals surface area (Å²) in [5.74, 6) is -2.12. The van der Waals surface area contributed by atoms with Gasteiger partial charge in [0.15, 0.2) is 5.69 Å². The molecule has 0 saturated carbocycles. The molecule has 2 aromatic carbocycles. The fourth-order valence-electron chi connectivity index (χ4n) is 2.67. The van der Waals surface area contributed by atoms with Crippen molar-refractivity contribution in [1.29, 1.82) is 0 Å². The van der Waals surface area contributed by atoms with Gasteiger partial charge in [0.05, 0.1) is 5.02 Å². The van der Waals surface area contributed by atoms with Crippen molar-refractivity contribution in [2.45, 2.75) is 18.0 Å². The molecule has 0 atom stereocenters. The van der Waals surface area contributed by atoms with Crippen LogP contribution >= 0.6 is 23.2 Å². The highest BCUT2D eigenvalue weighted by atomic mass is 35.5. The van der Waals surface area contributed by atoms with E-state index in [1.165, 1.54) is 36.4 Å². The van der Waals surface area contributed by atoms with Gasteiger partial charge in [-0.2, -0.15) is 26.7 Å². The number of alkyl halides is 3. The van der Waals surface area contributed by atoms with E-state index in [1.54, 1.807) is 6.92 Å². The number of aromatic nitrogens is 2. The Morgan fingerprint density at radius 1 is 1.10 bits per heavy atom. The Balaban J connectivity index is 2.18. The Bertz CT molecular complexity index is 1270. The lowest BCUT2D eigenvalue weighted by atomic mass is 10.0. The molecule has 0 bridgehead atoms. The van der Waals surface area contributed by atoms with E-state index in [0.29, 0.717) is 4.68 Å². The maximum atomic E-state index is 13.6. The number of aryl methyl sites for hydroxylation is 2. The molecule has 3 aromatic rings. The molecule has 6 nitrogen and oxygen atoms in total. The lowest BCUT2D eigenvalue weighted by Crippen LogP contribution is -2.16. The monoisotopic (exact) mass is 492 g/mol. The van der Waals surface area contributed by atoms with Crippen LogP contribution in [0.5, 0.6) is 5.88 Å². The second kappa shape index (κ2) is 8.18. The molecule has 0 aliphatic heterocycles. The molecule has 1 aromatic heterocycles. The SMILES string of the molecule is Cc1ccc(S(=O)(=O)Oc2c(C(=O)c3ccc(Cl)cc3Cl)c(C(F)(F)F)nn2C)cc1. The molecule has 0 aliphatic carbocycles. The highest BCUT2D eigenvalue weighted by Gasteiger charge is 2.43. The molecular weight excluding hydrogens is 480 g/mol. The summed E-state index contributed by atoms with van der Waals surface area (Å²) in [7, 11) is -3.55. The summed E-state index contributed by atoms with van der Waals surface area (Å²) < 4.78 is 71.6. The van der Waals surface area contributed by atoms with Crippen LogP contribution in [0.15, 0.2) is 47.4 Å². The molecule has 3 rings (SSSR count). The third-order valence-corrected chi connectivity index (χ3v) is 5.94. The van der Waals surface area contributed by atoms with Gasteiger partial charge in [-0.05, 0) is 37.3 Å². The summed E-state index contributed by atoms with van der Waals surface area (Å²) in [4.78, 5) is 12.7. The zero-order chi connectivity index (χ0) is 23.1. The fraction of sp³-hybridized carbons (Fsp3) is 0.158. The van der Waals surface area contributed by atoms with Gasteiger partial charge in [-0.15, -0.1) is 0 Å². The van der Waals surface area contributed by atoms with E-state index in [4.69, 9.17) is 27.4 Å². The third kappa shape index (κ3) is 4.70.